The predicted octanol–water partition coefficient (Wildman–Crippen LogP) is 8.93. The van der Waals surface area contributed by atoms with Crippen LogP contribution in [0.2, 0.25) is 0 Å². The van der Waals surface area contributed by atoms with Crippen LogP contribution < -0.4 is 4.74 Å². The Morgan fingerprint density at radius 2 is 1.09 bits per heavy atom. The molecule has 0 N–H and O–H groups in total. The lowest BCUT2D eigenvalue weighted by atomic mass is 9.74. The largest absolute Gasteiger partial charge is 0.491 e. The number of benzene rings is 2. The minimum atomic E-state index is -0.954. The molecule has 0 unspecified atom stereocenters. The van der Waals surface area contributed by atoms with Gasteiger partial charge in [0.25, 0.3) is 0 Å². The number of allylic oxidation sites excluding steroid dienone is 2. The Balaban J connectivity index is 1.43. The van der Waals surface area contributed by atoms with Crippen molar-refractivity contribution in [2.75, 3.05) is 6.61 Å². The highest BCUT2D eigenvalue weighted by atomic mass is 19.2. The fraction of sp³-hybridized carbons (Fsp3) is 0.517. The molecule has 2 fully saturated rings. The van der Waals surface area contributed by atoms with Crippen molar-refractivity contribution in [3.8, 4) is 5.75 Å². The highest BCUT2D eigenvalue weighted by Gasteiger charge is 2.31. The average molecular weight is 475 g/mol. The van der Waals surface area contributed by atoms with E-state index in [0.29, 0.717) is 48.3 Å². The van der Waals surface area contributed by atoms with Crippen LogP contribution in [0.3, 0.4) is 0 Å². The van der Waals surface area contributed by atoms with E-state index in [1.54, 1.807) is 25.1 Å². The zero-order valence-corrected chi connectivity index (χ0v) is 20.1. The van der Waals surface area contributed by atoms with E-state index in [1.165, 1.54) is 6.07 Å². The maximum atomic E-state index is 15.1. The lowest BCUT2D eigenvalue weighted by molar-refractivity contribution is 0.310. The van der Waals surface area contributed by atoms with Gasteiger partial charge in [-0.25, -0.2) is 13.2 Å². The molecule has 4 rings (SSSR count). The monoisotopic (exact) mass is 474 g/mol. The maximum absolute atomic E-state index is 15.1. The standard InChI is InChI=1S/C29H34F4O/c1-3-5-18-6-8-19(9-7-18)22-14-15-23(27(31)26(22)30)20-10-12-21(13-11-20)24-16-17-25(34-4-2)29(33)28(24)32/h3,5,14-21H,4,6-13H2,1-2H3. The molecule has 2 aliphatic carbocycles. The van der Waals surface area contributed by atoms with Gasteiger partial charge in [0, 0.05) is 0 Å². The third-order valence-electron chi connectivity index (χ3n) is 7.80. The van der Waals surface area contributed by atoms with Crippen molar-refractivity contribution in [2.24, 2.45) is 5.92 Å². The van der Waals surface area contributed by atoms with E-state index in [0.717, 1.165) is 25.7 Å². The van der Waals surface area contributed by atoms with E-state index in [-0.39, 0.29) is 30.1 Å². The van der Waals surface area contributed by atoms with Gasteiger partial charge in [-0.15, -0.1) is 0 Å². The molecule has 0 aliphatic heterocycles. The van der Waals surface area contributed by atoms with E-state index < -0.39 is 23.3 Å². The molecule has 0 saturated heterocycles. The van der Waals surface area contributed by atoms with Crippen LogP contribution in [0.25, 0.3) is 0 Å². The van der Waals surface area contributed by atoms with Gasteiger partial charge in [-0.2, -0.15) is 4.39 Å². The minimum Gasteiger partial charge on any atom is -0.491 e. The Bertz CT molecular complexity index is 1020. The van der Waals surface area contributed by atoms with Crippen LogP contribution in [-0.4, -0.2) is 6.61 Å². The second kappa shape index (κ2) is 11.0. The first-order chi connectivity index (χ1) is 16.4. The predicted molar refractivity (Wildman–Crippen MR) is 127 cm³/mol. The molecule has 0 radical (unpaired) electrons. The van der Waals surface area contributed by atoms with E-state index in [2.05, 4.69) is 12.2 Å². The second-order valence-corrected chi connectivity index (χ2v) is 9.77. The average Bonchev–Trinajstić information content (AvgIpc) is 2.85. The van der Waals surface area contributed by atoms with Crippen LogP contribution >= 0.6 is 0 Å². The van der Waals surface area contributed by atoms with E-state index in [1.807, 2.05) is 6.92 Å². The number of halogens is 4. The fourth-order valence-corrected chi connectivity index (χ4v) is 5.95. The zero-order chi connectivity index (χ0) is 24.2. The second-order valence-electron chi connectivity index (χ2n) is 9.77. The summed E-state index contributed by atoms with van der Waals surface area (Å²) in [5, 5.41) is 0. The highest BCUT2D eigenvalue weighted by molar-refractivity contribution is 5.35. The first-order valence-electron chi connectivity index (χ1n) is 12.7. The van der Waals surface area contributed by atoms with Gasteiger partial charge in [0.15, 0.2) is 23.2 Å². The van der Waals surface area contributed by atoms with Gasteiger partial charge in [-0.1, -0.05) is 30.4 Å². The fourth-order valence-electron chi connectivity index (χ4n) is 5.95. The smallest absolute Gasteiger partial charge is 0.200 e. The summed E-state index contributed by atoms with van der Waals surface area (Å²) >= 11 is 0. The summed E-state index contributed by atoms with van der Waals surface area (Å²) < 4.78 is 64.3. The molecule has 184 valence electrons. The van der Waals surface area contributed by atoms with E-state index in [9.17, 15) is 8.78 Å². The number of hydrogen-bond donors (Lipinski definition) is 0. The first-order valence-corrected chi connectivity index (χ1v) is 12.7. The number of rotatable bonds is 6. The van der Waals surface area contributed by atoms with Crippen LogP contribution in [0.15, 0.2) is 36.4 Å². The van der Waals surface area contributed by atoms with Gasteiger partial charge in [-0.3, -0.25) is 0 Å². The van der Waals surface area contributed by atoms with Crippen LogP contribution in [0, 0.1) is 29.2 Å². The first kappa shape index (κ1) is 24.8. The summed E-state index contributed by atoms with van der Waals surface area (Å²) in [7, 11) is 0. The van der Waals surface area contributed by atoms with Crippen molar-refractivity contribution in [1.82, 2.24) is 0 Å². The van der Waals surface area contributed by atoms with Crippen molar-refractivity contribution in [1.29, 1.82) is 0 Å². The Kier molecular flexibility index (Phi) is 8.00. The number of ether oxygens (including phenoxy) is 1. The van der Waals surface area contributed by atoms with Crippen molar-refractivity contribution in [2.45, 2.75) is 83.0 Å². The van der Waals surface area contributed by atoms with Crippen molar-refractivity contribution >= 4 is 0 Å². The molecule has 2 aromatic carbocycles. The molecule has 0 heterocycles. The van der Waals surface area contributed by atoms with Crippen molar-refractivity contribution in [3.63, 3.8) is 0 Å². The molecule has 0 bridgehead atoms. The lowest BCUT2D eigenvalue weighted by Crippen LogP contribution is -2.17. The molecule has 0 spiro atoms. The summed E-state index contributed by atoms with van der Waals surface area (Å²) in [6, 6.07) is 6.60. The molecular weight excluding hydrogens is 440 g/mol. The van der Waals surface area contributed by atoms with Gasteiger partial charge in [-0.05, 0) is 112 Å². The normalized spacial score (nSPS) is 25.6. The molecule has 0 atom stereocenters. The topological polar surface area (TPSA) is 9.23 Å². The Labute approximate surface area is 200 Å². The quantitative estimate of drug-likeness (QED) is 0.300. The molecule has 0 aromatic heterocycles. The Morgan fingerprint density at radius 3 is 1.53 bits per heavy atom. The van der Waals surface area contributed by atoms with Crippen LogP contribution in [0.4, 0.5) is 17.6 Å². The van der Waals surface area contributed by atoms with E-state index in [4.69, 9.17) is 4.74 Å². The molecule has 2 aliphatic rings. The van der Waals surface area contributed by atoms with E-state index >= 15 is 8.78 Å². The molecular formula is C29H34F4O. The van der Waals surface area contributed by atoms with Gasteiger partial charge in [0.2, 0.25) is 5.82 Å². The molecule has 2 aromatic rings. The maximum Gasteiger partial charge on any atom is 0.200 e. The summed E-state index contributed by atoms with van der Waals surface area (Å²) in [5.74, 6) is -2.96. The third-order valence-corrected chi connectivity index (χ3v) is 7.80. The van der Waals surface area contributed by atoms with Gasteiger partial charge in [0.1, 0.15) is 0 Å². The van der Waals surface area contributed by atoms with Crippen LogP contribution in [-0.2, 0) is 0 Å². The van der Waals surface area contributed by atoms with Gasteiger partial charge in [0.05, 0.1) is 6.61 Å². The van der Waals surface area contributed by atoms with Crippen LogP contribution in [0.1, 0.15) is 99.7 Å². The molecule has 0 amide bonds. The molecule has 5 heteroatoms. The summed E-state index contributed by atoms with van der Waals surface area (Å²) in [5.41, 5.74) is 1.26. The number of hydrogen-bond acceptors (Lipinski definition) is 1. The van der Waals surface area contributed by atoms with Crippen LogP contribution in [0.5, 0.6) is 5.75 Å². The molecule has 1 nitrogen and oxygen atoms in total. The third kappa shape index (κ3) is 5.04. The lowest BCUT2D eigenvalue weighted by Gasteiger charge is -2.31. The van der Waals surface area contributed by atoms with Crippen molar-refractivity contribution in [3.05, 3.63) is 76.4 Å². The Hall–Kier alpha value is -2.30. The summed E-state index contributed by atoms with van der Waals surface area (Å²) in [4.78, 5) is 0. The summed E-state index contributed by atoms with van der Waals surface area (Å²) in [6.07, 6.45) is 10.5. The zero-order valence-electron chi connectivity index (χ0n) is 20.1. The highest BCUT2D eigenvalue weighted by Crippen LogP contribution is 2.44. The SMILES string of the molecule is CC=CC1CCC(c2ccc(C3CCC(c4ccc(OCC)c(F)c4F)CC3)c(F)c2F)CC1. The Morgan fingerprint density at radius 1 is 0.676 bits per heavy atom. The summed E-state index contributed by atoms with van der Waals surface area (Å²) in [6.45, 7) is 4.00. The van der Waals surface area contributed by atoms with Gasteiger partial charge >= 0.3 is 0 Å². The molecule has 34 heavy (non-hydrogen) atoms. The van der Waals surface area contributed by atoms with Gasteiger partial charge < -0.3 is 4.74 Å². The molecule has 2 saturated carbocycles. The minimum absolute atomic E-state index is 0.0679. The van der Waals surface area contributed by atoms with Crippen molar-refractivity contribution < 1.29 is 22.3 Å².